The van der Waals surface area contributed by atoms with E-state index in [2.05, 4.69) is 11.0 Å². The van der Waals surface area contributed by atoms with Crippen molar-refractivity contribution in [2.24, 2.45) is 5.92 Å². The van der Waals surface area contributed by atoms with Crippen molar-refractivity contribution in [3.8, 4) is 11.5 Å². The summed E-state index contributed by atoms with van der Waals surface area (Å²) < 4.78 is 38.1. The Hall–Kier alpha value is -2.33. The molecule has 8 nitrogen and oxygen atoms in total. The maximum absolute atomic E-state index is 13.1. The number of benzene rings is 2. The Bertz CT molecular complexity index is 1180. The molecule has 0 aromatic heterocycles. The number of fused-ring (bicyclic) bond motifs is 1. The van der Waals surface area contributed by atoms with Crippen molar-refractivity contribution < 1.29 is 22.7 Å². The average Bonchev–Trinajstić information content (AvgIpc) is 3.32. The summed E-state index contributed by atoms with van der Waals surface area (Å²) in [6.07, 6.45) is 1.12. The van der Waals surface area contributed by atoms with Gasteiger partial charge in [0.15, 0.2) is 11.5 Å². The number of amides is 1. The van der Waals surface area contributed by atoms with Gasteiger partial charge in [0.25, 0.3) is 0 Å². The molecule has 5 rings (SSSR count). The van der Waals surface area contributed by atoms with Crippen LogP contribution in [0.3, 0.4) is 0 Å². The predicted molar refractivity (Wildman–Crippen MR) is 133 cm³/mol. The van der Waals surface area contributed by atoms with Gasteiger partial charge < -0.3 is 14.4 Å². The van der Waals surface area contributed by atoms with Gasteiger partial charge in [-0.1, -0.05) is 29.8 Å². The zero-order chi connectivity index (χ0) is 24.4. The van der Waals surface area contributed by atoms with E-state index in [1.54, 1.807) is 24.3 Å². The molecule has 2 saturated heterocycles. The van der Waals surface area contributed by atoms with E-state index in [1.807, 2.05) is 17.0 Å². The average molecular weight is 520 g/mol. The van der Waals surface area contributed by atoms with E-state index in [4.69, 9.17) is 21.1 Å². The number of piperidine rings is 1. The van der Waals surface area contributed by atoms with E-state index < -0.39 is 10.0 Å². The molecule has 1 amide bonds. The predicted octanol–water partition coefficient (Wildman–Crippen LogP) is 2.95. The number of halogens is 1. The minimum atomic E-state index is -3.44. The first kappa shape index (κ1) is 24.4. The van der Waals surface area contributed by atoms with Crippen molar-refractivity contribution in [3.05, 3.63) is 58.6 Å². The molecule has 35 heavy (non-hydrogen) atoms. The van der Waals surface area contributed by atoms with Crippen LogP contribution in [-0.4, -0.2) is 74.5 Å². The Morgan fingerprint density at radius 3 is 2.40 bits per heavy atom. The third-order valence-electron chi connectivity index (χ3n) is 6.96. The van der Waals surface area contributed by atoms with Crippen molar-refractivity contribution in [1.29, 1.82) is 0 Å². The SMILES string of the molecule is O=C(C1CCN(S(=O)(=O)Cc2cccc(Cl)c2)CC1)N1CCN(Cc2ccc3c(c2)OCO3)CC1. The van der Waals surface area contributed by atoms with E-state index in [0.717, 1.165) is 31.1 Å². The number of hydrogen-bond acceptors (Lipinski definition) is 6. The number of hydrogen-bond donors (Lipinski definition) is 0. The topological polar surface area (TPSA) is 79.4 Å². The number of carbonyl (C=O) groups is 1. The van der Waals surface area contributed by atoms with Crippen LogP contribution in [0, 0.1) is 5.92 Å². The monoisotopic (exact) mass is 519 g/mol. The van der Waals surface area contributed by atoms with Gasteiger partial charge in [-0.25, -0.2) is 12.7 Å². The quantitative estimate of drug-likeness (QED) is 0.584. The molecule has 0 atom stereocenters. The zero-order valence-electron chi connectivity index (χ0n) is 19.6. The lowest BCUT2D eigenvalue weighted by Gasteiger charge is -2.38. The van der Waals surface area contributed by atoms with Crippen LogP contribution in [0.25, 0.3) is 0 Å². The molecular weight excluding hydrogens is 490 g/mol. The molecule has 2 fully saturated rings. The number of nitrogens with zero attached hydrogens (tertiary/aromatic N) is 3. The van der Waals surface area contributed by atoms with Gasteiger partial charge in [0.05, 0.1) is 5.75 Å². The lowest BCUT2D eigenvalue weighted by atomic mass is 9.96. The van der Waals surface area contributed by atoms with Gasteiger partial charge in [-0.15, -0.1) is 0 Å². The van der Waals surface area contributed by atoms with Gasteiger partial charge in [-0.3, -0.25) is 9.69 Å². The van der Waals surface area contributed by atoms with E-state index in [-0.39, 0.29) is 24.4 Å². The molecule has 0 spiro atoms. The van der Waals surface area contributed by atoms with E-state index in [9.17, 15) is 13.2 Å². The van der Waals surface area contributed by atoms with E-state index in [0.29, 0.717) is 49.6 Å². The van der Waals surface area contributed by atoms with Gasteiger partial charge in [0.2, 0.25) is 22.7 Å². The summed E-state index contributed by atoms with van der Waals surface area (Å²) in [5.41, 5.74) is 1.84. The Morgan fingerprint density at radius 1 is 0.914 bits per heavy atom. The Kier molecular flexibility index (Phi) is 7.20. The lowest BCUT2D eigenvalue weighted by Crippen LogP contribution is -2.51. The molecule has 10 heteroatoms. The molecule has 3 heterocycles. The molecule has 2 aromatic rings. The maximum Gasteiger partial charge on any atom is 0.231 e. The van der Waals surface area contributed by atoms with Crippen LogP contribution in [-0.2, 0) is 27.1 Å². The number of sulfonamides is 1. The van der Waals surface area contributed by atoms with Crippen molar-refractivity contribution in [2.45, 2.75) is 25.1 Å². The van der Waals surface area contributed by atoms with Gasteiger partial charge in [0, 0.05) is 56.8 Å². The van der Waals surface area contributed by atoms with Gasteiger partial charge >= 0.3 is 0 Å². The summed E-state index contributed by atoms with van der Waals surface area (Å²) in [5, 5.41) is 0.526. The summed E-state index contributed by atoms with van der Waals surface area (Å²) in [7, 11) is -3.44. The van der Waals surface area contributed by atoms with Gasteiger partial charge in [-0.2, -0.15) is 0 Å². The zero-order valence-corrected chi connectivity index (χ0v) is 21.1. The van der Waals surface area contributed by atoms with Crippen molar-refractivity contribution in [1.82, 2.24) is 14.1 Å². The lowest BCUT2D eigenvalue weighted by molar-refractivity contribution is -0.138. The smallest absolute Gasteiger partial charge is 0.231 e. The first-order valence-corrected chi connectivity index (χ1v) is 14.0. The van der Waals surface area contributed by atoms with Crippen LogP contribution in [0.4, 0.5) is 0 Å². The molecule has 3 aliphatic heterocycles. The largest absolute Gasteiger partial charge is 0.454 e. The first-order chi connectivity index (χ1) is 16.9. The number of piperazine rings is 1. The molecule has 0 N–H and O–H groups in total. The molecule has 2 aromatic carbocycles. The Balaban J connectivity index is 1.09. The van der Waals surface area contributed by atoms with Crippen LogP contribution in [0.5, 0.6) is 11.5 Å². The van der Waals surface area contributed by atoms with Crippen molar-refractivity contribution in [3.63, 3.8) is 0 Å². The summed E-state index contributed by atoms with van der Waals surface area (Å²) >= 11 is 5.99. The fraction of sp³-hybridized carbons (Fsp3) is 0.480. The molecule has 188 valence electrons. The molecule has 0 radical (unpaired) electrons. The van der Waals surface area contributed by atoms with E-state index in [1.165, 1.54) is 9.87 Å². The highest BCUT2D eigenvalue weighted by atomic mass is 35.5. The standard InChI is InChI=1S/C25H30ClN3O5S/c26-22-3-1-2-20(14-22)17-35(31,32)29-8-6-21(7-9-29)25(30)28-12-10-27(11-13-28)16-19-4-5-23-24(15-19)34-18-33-23/h1-5,14-15,21H,6-13,16-18H2. The minimum absolute atomic E-state index is 0.0719. The van der Waals surface area contributed by atoms with Crippen molar-refractivity contribution in [2.75, 3.05) is 46.1 Å². The van der Waals surface area contributed by atoms with Crippen LogP contribution < -0.4 is 9.47 Å². The normalized spacial score (nSPS) is 19.7. The highest BCUT2D eigenvalue weighted by molar-refractivity contribution is 7.88. The molecule has 0 saturated carbocycles. The second kappa shape index (κ2) is 10.3. The molecule has 0 aliphatic carbocycles. The first-order valence-electron chi connectivity index (χ1n) is 12.0. The third-order valence-corrected chi connectivity index (χ3v) is 9.05. The number of rotatable bonds is 6. The second-order valence-electron chi connectivity index (χ2n) is 9.35. The minimum Gasteiger partial charge on any atom is -0.454 e. The van der Waals surface area contributed by atoms with Crippen LogP contribution in [0.2, 0.25) is 5.02 Å². The molecular formula is C25H30ClN3O5S. The fourth-order valence-corrected chi connectivity index (χ4v) is 6.76. The van der Waals surface area contributed by atoms with Crippen LogP contribution >= 0.6 is 11.6 Å². The Labute approximate surface area is 211 Å². The molecule has 0 bridgehead atoms. The fourth-order valence-electron chi connectivity index (χ4n) is 4.99. The third kappa shape index (κ3) is 5.74. The van der Waals surface area contributed by atoms with Crippen LogP contribution in [0.1, 0.15) is 24.0 Å². The molecule has 0 unspecified atom stereocenters. The van der Waals surface area contributed by atoms with Gasteiger partial charge in [-0.05, 0) is 48.2 Å². The number of ether oxygens (including phenoxy) is 2. The summed E-state index contributed by atoms with van der Waals surface area (Å²) in [6.45, 7) is 4.84. The molecule has 3 aliphatic rings. The summed E-state index contributed by atoms with van der Waals surface area (Å²) in [4.78, 5) is 17.4. The maximum atomic E-state index is 13.1. The highest BCUT2D eigenvalue weighted by Gasteiger charge is 2.34. The van der Waals surface area contributed by atoms with Crippen LogP contribution in [0.15, 0.2) is 42.5 Å². The second-order valence-corrected chi connectivity index (χ2v) is 11.8. The number of carbonyl (C=O) groups excluding carboxylic acids is 1. The van der Waals surface area contributed by atoms with E-state index >= 15 is 0 Å². The summed E-state index contributed by atoms with van der Waals surface area (Å²) in [6, 6.07) is 13.0. The highest BCUT2D eigenvalue weighted by Crippen LogP contribution is 2.33. The summed E-state index contributed by atoms with van der Waals surface area (Å²) in [5.74, 6) is 1.54. The van der Waals surface area contributed by atoms with Gasteiger partial charge in [0.1, 0.15) is 0 Å². The van der Waals surface area contributed by atoms with Crippen molar-refractivity contribution >= 4 is 27.5 Å². The Morgan fingerprint density at radius 2 is 1.66 bits per heavy atom.